The van der Waals surface area contributed by atoms with Gasteiger partial charge in [-0.1, -0.05) is 0 Å². The van der Waals surface area contributed by atoms with E-state index in [2.05, 4.69) is 22.5 Å². The van der Waals surface area contributed by atoms with Gasteiger partial charge in [0.05, 0.1) is 12.1 Å². The number of hydrogen-bond acceptors (Lipinski definition) is 4. The van der Waals surface area contributed by atoms with Gasteiger partial charge in [0.2, 0.25) is 0 Å². The third kappa shape index (κ3) is 7.10. The summed E-state index contributed by atoms with van der Waals surface area (Å²) in [7, 11) is 0. The molecule has 0 radical (unpaired) electrons. The highest BCUT2D eigenvalue weighted by Gasteiger charge is 2.28. The first-order valence-corrected chi connectivity index (χ1v) is 9.51. The lowest BCUT2D eigenvalue weighted by Gasteiger charge is -2.23. The van der Waals surface area contributed by atoms with E-state index < -0.39 is 5.60 Å². The number of nitrogens with zero attached hydrogens (tertiary/aromatic N) is 2. The second kappa shape index (κ2) is 9.27. The number of carbonyl (C=O) groups is 1. The van der Waals surface area contributed by atoms with Crippen LogP contribution in [0.3, 0.4) is 0 Å². The number of alkyl carbamates (subject to hydrolysis) is 1. The van der Waals surface area contributed by atoms with Crippen LogP contribution in [0.15, 0.2) is 4.99 Å². The van der Waals surface area contributed by atoms with Crippen molar-refractivity contribution in [3.63, 3.8) is 0 Å². The zero-order chi connectivity index (χ0) is 18.3. The minimum Gasteiger partial charge on any atom is -0.444 e. The monoisotopic (exact) mass is 354 g/mol. The maximum Gasteiger partial charge on any atom is 0.407 e. The Kier molecular flexibility index (Phi) is 7.35. The second-order valence-electron chi connectivity index (χ2n) is 7.74. The van der Waals surface area contributed by atoms with Crippen LogP contribution in [0, 0.1) is 0 Å². The molecule has 1 amide bonds. The van der Waals surface area contributed by atoms with Gasteiger partial charge in [-0.3, -0.25) is 4.99 Å². The quantitative estimate of drug-likeness (QED) is 0.584. The van der Waals surface area contributed by atoms with Gasteiger partial charge in [0.15, 0.2) is 5.96 Å². The molecule has 2 fully saturated rings. The Bertz CT molecular complexity index is 456. The molecule has 25 heavy (non-hydrogen) atoms. The lowest BCUT2D eigenvalue weighted by Crippen LogP contribution is -2.44. The maximum atomic E-state index is 11.9. The van der Waals surface area contributed by atoms with E-state index in [9.17, 15) is 4.79 Å². The number of hydrogen-bond donors (Lipinski definition) is 2. The SMILES string of the molecule is CCNC(=NCCC1CCCO1)N1CCC(NC(=O)OC(C)(C)C)C1. The average molecular weight is 354 g/mol. The molecule has 2 rings (SSSR count). The Hall–Kier alpha value is -1.50. The molecule has 0 aromatic rings. The molecule has 2 N–H and O–H groups in total. The van der Waals surface area contributed by atoms with E-state index in [0.29, 0.717) is 6.10 Å². The lowest BCUT2D eigenvalue weighted by molar-refractivity contribution is 0.0507. The summed E-state index contributed by atoms with van der Waals surface area (Å²) < 4.78 is 11.0. The first-order chi connectivity index (χ1) is 11.9. The van der Waals surface area contributed by atoms with Crippen LogP contribution in [0.2, 0.25) is 0 Å². The van der Waals surface area contributed by atoms with E-state index in [1.165, 1.54) is 6.42 Å². The number of nitrogens with one attached hydrogen (secondary N) is 2. The van der Waals surface area contributed by atoms with Gasteiger partial charge >= 0.3 is 6.09 Å². The van der Waals surface area contributed by atoms with Crippen LogP contribution >= 0.6 is 0 Å². The fourth-order valence-corrected chi connectivity index (χ4v) is 3.16. The van der Waals surface area contributed by atoms with Crippen LogP contribution in [0.1, 0.15) is 53.4 Å². The number of ether oxygens (including phenoxy) is 2. The van der Waals surface area contributed by atoms with Crippen LogP contribution in [0.4, 0.5) is 4.79 Å². The molecule has 7 heteroatoms. The topological polar surface area (TPSA) is 75.2 Å². The highest BCUT2D eigenvalue weighted by molar-refractivity contribution is 5.80. The van der Waals surface area contributed by atoms with Gasteiger partial charge in [-0.05, 0) is 53.4 Å². The molecule has 0 saturated carbocycles. The van der Waals surface area contributed by atoms with Crippen molar-refractivity contribution < 1.29 is 14.3 Å². The van der Waals surface area contributed by atoms with Gasteiger partial charge in [0.25, 0.3) is 0 Å². The van der Waals surface area contributed by atoms with Gasteiger partial charge in [0.1, 0.15) is 5.60 Å². The number of likely N-dealkylation sites (tertiary alicyclic amines) is 1. The van der Waals surface area contributed by atoms with E-state index in [0.717, 1.165) is 58.0 Å². The van der Waals surface area contributed by atoms with Crippen molar-refractivity contribution >= 4 is 12.1 Å². The largest absolute Gasteiger partial charge is 0.444 e. The van der Waals surface area contributed by atoms with Crippen LogP contribution in [-0.4, -0.2) is 67.5 Å². The number of rotatable bonds is 5. The molecule has 2 atom stereocenters. The van der Waals surface area contributed by atoms with Crippen molar-refractivity contribution in [1.29, 1.82) is 0 Å². The molecule has 0 aromatic heterocycles. The molecule has 0 spiro atoms. The van der Waals surface area contributed by atoms with Crippen LogP contribution in [0.25, 0.3) is 0 Å². The Labute approximate surface area is 151 Å². The Morgan fingerprint density at radius 3 is 2.80 bits per heavy atom. The summed E-state index contributed by atoms with van der Waals surface area (Å²) in [5.74, 6) is 0.925. The molecule has 2 aliphatic heterocycles. The predicted molar refractivity (Wildman–Crippen MR) is 98.9 cm³/mol. The molecule has 7 nitrogen and oxygen atoms in total. The second-order valence-corrected chi connectivity index (χ2v) is 7.74. The standard InChI is InChI=1S/C18H34N4O3/c1-5-19-16(20-10-8-15-7-6-12-24-15)22-11-9-14(13-22)21-17(23)25-18(2,3)4/h14-15H,5-13H2,1-4H3,(H,19,20)(H,21,23). The third-order valence-electron chi connectivity index (χ3n) is 4.28. The molecular formula is C18H34N4O3. The number of carbonyl (C=O) groups excluding carboxylic acids is 1. The molecule has 2 unspecified atom stereocenters. The lowest BCUT2D eigenvalue weighted by atomic mass is 10.2. The van der Waals surface area contributed by atoms with Crippen molar-refractivity contribution in [3.05, 3.63) is 0 Å². The summed E-state index contributed by atoms with van der Waals surface area (Å²) in [5.41, 5.74) is -0.471. The van der Waals surface area contributed by atoms with E-state index in [1.807, 2.05) is 20.8 Å². The Balaban J connectivity index is 1.80. The molecule has 2 heterocycles. The number of aliphatic imine (C=N–C) groups is 1. The number of amides is 1. The molecule has 0 aromatic carbocycles. The Morgan fingerprint density at radius 1 is 1.36 bits per heavy atom. The van der Waals surface area contributed by atoms with Crippen molar-refractivity contribution in [3.8, 4) is 0 Å². The molecule has 2 aliphatic rings. The van der Waals surface area contributed by atoms with Gasteiger partial charge in [-0.15, -0.1) is 0 Å². The Morgan fingerprint density at radius 2 is 2.16 bits per heavy atom. The number of guanidine groups is 1. The van der Waals surface area contributed by atoms with E-state index in [-0.39, 0.29) is 12.1 Å². The van der Waals surface area contributed by atoms with Crippen molar-refractivity contribution in [2.75, 3.05) is 32.8 Å². The molecule has 144 valence electrons. The maximum absolute atomic E-state index is 11.9. The first-order valence-electron chi connectivity index (χ1n) is 9.51. The zero-order valence-electron chi connectivity index (χ0n) is 16.1. The molecule has 0 bridgehead atoms. The molecular weight excluding hydrogens is 320 g/mol. The minimum absolute atomic E-state index is 0.0943. The fraction of sp³-hybridized carbons (Fsp3) is 0.889. The van der Waals surface area contributed by atoms with Gasteiger partial charge in [0, 0.05) is 32.8 Å². The normalized spacial score (nSPS) is 24.5. The van der Waals surface area contributed by atoms with E-state index in [4.69, 9.17) is 14.5 Å². The smallest absolute Gasteiger partial charge is 0.407 e. The summed E-state index contributed by atoms with van der Waals surface area (Å²) >= 11 is 0. The highest BCUT2D eigenvalue weighted by atomic mass is 16.6. The van der Waals surface area contributed by atoms with Gasteiger partial charge in [-0.25, -0.2) is 4.79 Å². The summed E-state index contributed by atoms with van der Waals surface area (Å²) in [4.78, 5) is 18.9. The van der Waals surface area contributed by atoms with Gasteiger partial charge < -0.3 is 25.0 Å². The van der Waals surface area contributed by atoms with Crippen molar-refractivity contribution in [2.24, 2.45) is 4.99 Å². The van der Waals surface area contributed by atoms with Crippen LogP contribution < -0.4 is 10.6 Å². The van der Waals surface area contributed by atoms with Gasteiger partial charge in [-0.2, -0.15) is 0 Å². The van der Waals surface area contributed by atoms with E-state index >= 15 is 0 Å². The van der Waals surface area contributed by atoms with E-state index in [1.54, 1.807) is 0 Å². The molecule has 0 aliphatic carbocycles. The van der Waals surface area contributed by atoms with Crippen molar-refractivity contribution in [2.45, 2.75) is 71.1 Å². The summed E-state index contributed by atoms with van der Waals surface area (Å²) in [6.07, 6.45) is 4.21. The predicted octanol–water partition coefficient (Wildman–Crippen LogP) is 2.12. The van der Waals surface area contributed by atoms with Crippen molar-refractivity contribution in [1.82, 2.24) is 15.5 Å². The first kappa shape index (κ1) is 19.8. The summed E-state index contributed by atoms with van der Waals surface area (Å²) in [6.45, 7) is 11.8. The van der Waals surface area contributed by atoms with Crippen LogP contribution in [-0.2, 0) is 9.47 Å². The van der Waals surface area contributed by atoms with Crippen LogP contribution in [0.5, 0.6) is 0 Å². The zero-order valence-corrected chi connectivity index (χ0v) is 16.1. The summed E-state index contributed by atoms with van der Waals surface area (Å²) in [5, 5.41) is 6.31. The highest BCUT2D eigenvalue weighted by Crippen LogP contribution is 2.16. The molecule has 2 saturated heterocycles. The summed E-state index contributed by atoms with van der Waals surface area (Å²) in [6, 6.07) is 0.0943. The third-order valence-corrected chi connectivity index (χ3v) is 4.28. The average Bonchev–Trinajstić information content (AvgIpc) is 3.16. The minimum atomic E-state index is -0.471. The fourth-order valence-electron chi connectivity index (χ4n) is 3.16.